The van der Waals surface area contributed by atoms with Gasteiger partial charge >= 0.3 is 0 Å². The number of hydrogen-bond acceptors (Lipinski definition) is 5. The minimum Gasteiger partial charge on any atom is -0.352 e. The molecule has 1 N–H and O–H groups in total. The number of amides is 1. The molecule has 1 aromatic carbocycles. The summed E-state index contributed by atoms with van der Waals surface area (Å²) in [6, 6.07) is 7.41. The van der Waals surface area contributed by atoms with Crippen molar-refractivity contribution in [2.24, 2.45) is 7.05 Å². The van der Waals surface area contributed by atoms with Crippen LogP contribution in [0.3, 0.4) is 0 Å². The molecule has 3 aromatic rings. The maximum absolute atomic E-state index is 12.4. The third-order valence-electron chi connectivity index (χ3n) is 4.07. The van der Waals surface area contributed by atoms with Crippen LogP contribution < -0.4 is 5.32 Å². The molecule has 0 aliphatic carbocycles. The molecular formula is C18H21N5OS. The van der Waals surface area contributed by atoms with Gasteiger partial charge in [0.2, 0.25) is 0 Å². The molecular weight excluding hydrogens is 334 g/mol. The van der Waals surface area contributed by atoms with Gasteiger partial charge in [0.15, 0.2) is 5.82 Å². The Bertz CT molecular complexity index is 864. The lowest BCUT2D eigenvalue weighted by Gasteiger charge is -2.06. The van der Waals surface area contributed by atoms with Gasteiger partial charge in [-0.1, -0.05) is 12.1 Å². The number of carbonyl (C=O) groups is 1. The Kier molecular flexibility index (Phi) is 5.23. The summed E-state index contributed by atoms with van der Waals surface area (Å²) in [4.78, 5) is 22.3. The van der Waals surface area contributed by atoms with Gasteiger partial charge in [0, 0.05) is 29.6 Å². The van der Waals surface area contributed by atoms with Crippen LogP contribution in [0.15, 0.2) is 29.8 Å². The Morgan fingerprint density at radius 3 is 2.84 bits per heavy atom. The monoisotopic (exact) mass is 355 g/mol. The lowest BCUT2D eigenvalue weighted by molar-refractivity contribution is 0.0953. The fourth-order valence-corrected chi connectivity index (χ4v) is 3.33. The number of aryl methyl sites for hydroxylation is 4. The van der Waals surface area contributed by atoms with Crippen molar-refractivity contribution in [1.82, 2.24) is 25.1 Å². The molecule has 0 spiro atoms. The molecule has 25 heavy (non-hydrogen) atoms. The van der Waals surface area contributed by atoms with Gasteiger partial charge in [-0.15, -0.1) is 11.3 Å². The molecule has 2 heterocycles. The van der Waals surface area contributed by atoms with E-state index < -0.39 is 0 Å². The first-order valence-corrected chi connectivity index (χ1v) is 9.08. The summed E-state index contributed by atoms with van der Waals surface area (Å²) in [5, 5.41) is 7.34. The highest BCUT2D eigenvalue weighted by atomic mass is 32.1. The van der Waals surface area contributed by atoms with Gasteiger partial charge < -0.3 is 5.32 Å². The number of thiazole rings is 1. The molecule has 0 radical (unpaired) electrons. The molecule has 6 nitrogen and oxygen atoms in total. The highest BCUT2D eigenvalue weighted by Gasteiger charge is 2.10. The maximum Gasteiger partial charge on any atom is 0.251 e. The van der Waals surface area contributed by atoms with Crippen molar-refractivity contribution in [1.29, 1.82) is 0 Å². The Labute approximate surface area is 150 Å². The zero-order valence-corrected chi connectivity index (χ0v) is 15.4. The van der Waals surface area contributed by atoms with E-state index in [-0.39, 0.29) is 5.91 Å². The summed E-state index contributed by atoms with van der Waals surface area (Å²) >= 11 is 1.67. The van der Waals surface area contributed by atoms with Crippen molar-refractivity contribution in [3.05, 3.63) is 51.7 Å². The van der Waals surface area contributed by atoms with Gasteiger partial charge in [-0.25, -0.2) is 9.97 Å². The second-order valence-corrected chi connectivity index (χ2v) is 6.85. The van der Waals surface area contributed by atoms with Crippen LogP contribution in [0, 0.1) is 13.8 Å². The van der Waals surface area contributed by atoms with Crippen LogP contribution in [0.25, 0.3) is 11.4 Å². The van der Waals surface area contributed by atoms with Gasteiger partial charge in [0.25, 0.3) is 5.91 Å². The van der Waals surface area contributed by atoms with Crippen molar-refractivity contribution in [2.75, 3.05) is 6.54 Å². The minimum atomic E-state index is -0.0736. The van der Waals surface area contributed by atoms with Crippen LogP contribution in [0.2, 0.25) is 0 Å². The van der Waals surface area contributed by atoms with Gasteiger partial charge in [0.1, 0.15) is 5.82 Å². The number of nitrogens with zero attached hydrogens (tertiary/aromatic N) is 4. The number of benzene rings is 1. The third-order valence-corrected chi connectivity index (χ3v) is 5.07. The van der Waals surface area contributed by atoms with E-state index in [9.17, 15) is 4.79 Å². The molecule has 7 heteroatoms. The second-order valence-electron chi connectivity index (χ2n) is 5.91. The largest absolute Gasteiger partial charge is 0.352 e. The summed E-state index contributed by atoms with van der Waals surface area (Å²) in [6.07, 6.45) is 1.84. The third kappa shape index (κ3) is 4.11. The average Bonchev–Trinajstić information content (AvgIpc) is 3.17. The molecule has 0 saturated carbocycles. The van der Waals surface area contributed by atoms with Gasteiger partial charge in [-0.2, -0.15) is 5.10 Å². The number of hydrogen-bond donors (Lipinski definition) is 1. The number of carbonyl (C=O) groups excluding carboxylic acids is 1. The van der Waals surface area contributed by atoms with Crippen LogP contribution in [0.4, 0.5) is 0 Å². The van der Waals surface area contributed by atoms with E-state index in [4.69, 9.17) is 0 Å². The van der Waals surface area contributed by atoms with Gasteiger partial charge in [-0.05, 0) is 38.8 Å². The Morgan fingerprint density at radius 1 is 1.32 bits per heavy atom. The second kappa shape index (κ2) is 7.57. The average molecular weight is 355 g/mol. The molecule has 130 valence electrons. The lowest BCUT2D eigenvalue weighted by atomic mass is 10.1. The van der Waals surface area contributed by atoms with E-state index in [1.165, 1.54) is 4.88 Å². The van der Waals surface area contributed by atoms with E-state index in [2.05, 4.69) is 20.4 Å². The van der Waals surface area contributed by atoms with Crippen LogP contribution >= 0.6 is 11.3 Å². The number of nitrogens with one attached hydrogen (secondary N) is 1. The smallest absolute Gasteiger partial charge is 0.251 e. The lowest BCUT2D eigenvalue weighted by Crippen LogP contribution is -2.24. The number of aromatic nitrogens is 4. The van der Waals surface area contributed by atoms with Crippen LogP contribution in [0.1, 0.15) is 33.2 Å². The molecule has 0 fully saturated rings. The summed E-state index contributed by atoms with van der Waals surface area (Å²) in [5.41, 5.74) is 4.41. The molecule has 0 atom stereocenters. The van der Waals surface area contributed by atoms with Crippen LogP contribution in [0.5, 0.6) is 0 Å². The molecule has 0 aliphatic rings. The van der Waals surface area contributed by atoms with E-state index >= 15 is 0 Å². The van der Waals surface area contributed by atoms with Crippen molar-refractivity contribution in [2.45, 2.75) is 26.7 Å². The van der Waals surface area contributed by atoms with Gasteiger partial charge in [-0.3, -0.25) is 9.48 Å². The molecule has 0 saturated heterocycles. The fourth-order valence-electron chi connectivity index (χ4n) is 2.50. The minimum absolute atomic E-state index is 0.0736. The normalized spacial score (nSPS) is 10.8. The molecule has 1 amide bonds. The Hall–Kier alpha value is -2.54. The van der Waals surface area contributed by atoms with E-state index in [1.807, 2.05) is 50.7 Å². The van der Waals surface area contributed by atoms with Gasteiger partial charge in [0.05, 0.1) is 11.2 Å². The van der Waals surface area contributed by atoms with Crippen molar-refractivity contribution in [3.63, 3.8) is 0 Å². The highest BCUT2D eigenvalue weighted by Crippen LogP contribution is 2.17. The molecule has 0 unspecified atom stereocenters. The first kappa shape index (κ1) is 17.3. The predicted molar refractivity (Wildman–Crippen MR) is 98.7 cm³/mol. The summed E-state index contributed by atoms with van der Waals surface area (Å²) in [6.45, 7) is 4.56. The van der Waals surface area contributed by atoms with Crippen molar-refractivity contribution < 1.29 is 4.79 Å². The quantitative estimate of drug-likeness (QED) is 0.690. The maximum atomic E-state index is 12.4. The Morgan fingerprint density at radius 2 is 2.16 bits per heavy atom. The van der Waals surface area contributed by atoms with E-state index in [0.29, 0.717) is 17.9 Å². The zero-order valence-electron chi connectivity index (χ0n) is 14.6. The summed E-state index contributed by atoms with van der Waals surface area (Å²) < 4.78 is 1.73. The number of rotatable bonds is 6. The van der Waals surface area contributed by atoms with Crippen molar-refractivity contribution >= 4 is 17.2 Å². The van der Waals surface area contributed by atoms with E-state index in [1.54, 1.807) is 16.0 Å². The predicted octanol–water partition coefficient (Wildman–Crippen LogP) is 2.92. The van der Waals surface area contributed by atoms with E-state index in [0.717, 1.165) is 29.9 Å². The topological polar surface area (TPSA) is 72.7 Å². The first-order chi connectivity index (χ1) is 12.0. The summed E-state index contributed by atoms with van der Waals surface area (Å²) in [7, 11) is 1.85. The Balaban J connectivity index is 1.59. The van der Waals surface area contributed by atoms with Crippen LogP contribution in [-0.2, 0) is 13.5 Å². The molecule has 0 bridgehead atoms. The van der Waals surface area contributed by atoms with Crippen LogP contribution in [-0.4, -0.2) is 32.2 Å². The molecule has 2 aromatic heterocycles. The SMILES string of the molecule is Cc1ncsc1CCCNC(=O)c1cccc(-c2nc(C)n(C)n2)c1. The fraction of sp³-hybridized carbons (Fsp3) is 0.333. The zero-order chi connectivity index (χ0) is 17.8. The van der Waals surface area contributed by atoms with Crippen molar-refractivity contribution in [3.8, 4) is 11.4 Å². The molecule has 0 aliphatic heterocycles. The highest BCUT2D eigenvalue weighted by molar-refractivity contribution is 7.09. The summed E-state index contributed by atoms with van der Waals surface area (Å²) in [5.74, 6) is 1.40. The first-order valence-electron chi connectivity index (χ1n) is 8.20. The standard InChI is InChI=1S/C18H21N5OS/c1-12-16(25-11-20-12)8-5-9-19-18(24)15-7-4-6-14(10-15)17-21-13(2)23(3)22-17/h4,6-7,10-11H,5,8-9H2,1-3H3,(H,19,24). The molecule has 3 rings (SSSR count).